The van der Waals surface area contributed by atoms with E-state index in [9.17, 15) is 4.79 Å². The van der Waals surface area contributed by atoms with Crippen LogP contribution in [0, 0.1) is 0 Å². The molecule has 1 unspecified atom stereocenters. The molecule has 18 heavy (non-hydrogen) atoms. The number of nitrogens with zero attached hydrogens (tertiary/aromatic N) is 1. The van der Waals surface area contributed by atoms with Crippen molar-refractivity contribution in [2.45, 2.75) is 18.2 Å². The van der Waals surface area contributed by atoms with Crippen LogP contribution in [0.2, 0.25) is 5.02 Å². The lowest BCUT2D eigenvalue weighted by Gasteiger charge is -2.21. The molecule has 98 valence electrons. The lowest BCUT2D eigenvalue weighted by molar-refractivity contribution is -0.117. The second-order valence-corrected chi connectivity index (χ2v) is 6.56. The molecule has 0 aromatic heterocycles. The lowest BCUT2D eigenvalue weighted by Crippen LogP contribution is -2.25. The van der Waals surface area contributed by atoms with Crippen molar-refractivity contribution in [3.05, 3.63) is 21.6 Å². The van der Waals surface area contributed by atoms with Crippen LogP contribution in [-0.4, -0.2) is 23.9 Å². The number of hydrogen-bond acceptors (Lipinski definition) is 2. The molecule has 0 N–H and O–H groups in total. The van der Waals surface area contributed by atoms with Gasteiger partial charge in [0, 0.05) is 22.8 Å². The van der Waals surface area contributed by atoms with Crippen LogP contribution in [0.5, 0.6) is 5.75 Å². The maximum Gasteiger partial charge on any atom is 0.228 e. The molecular formula is C12H12Br2ClNO2. The lowest BCUT2D eigenvalue weighted by atomic mass is 10.2. The zero-order valence-corrected chi connectivity index (χ0v) is 13.7. The van der Waals surface area contributed by atoms with Gasteiger partial charge in [0.25, 0.3) is 0 Å². The van der Waals surface area contributed by atoms with Gasteiger partial charge >= 0.3 is 0 Å². The molecule has 2 rings (SSSR count). The third-order valence-corrected chi connectivity index (χ3v) is 4.07. The number of amides is 1. The van der Waals surface area contributed by atoms with Gasteiger partial charge in [0.2, 0.25) is 5.91 Å². The number of halogens is 3. The number of hydrogen-bond donors (Lipinski definition) is 0. The van der Waals surface area contributed by atoms with E-state index in [4.69, 9.17) is 16.3 Å². The van der Waals surface area contributed by atoms with E-state index in [1.165, 1.54) is 0 Å². The summed E-state index contributed by atoms with van der Waals surface area (Å²) >= 11 is 12.9. The van der Waals surface area contributed by atoms with Crippen LogP contribution in [0.3, 0.4) is 0 Å². The molecule has 1 atom stereocenters. The Morgan fingerprint density at radius 2 is 2.28 bits per heavy atom. The summed E-state index contributed by atoms with van der Waals surface area (Å²) in [6.07, 6.45) is 0.496. The molecule has 0 spiro atoms. The molecule has 1 aromatic carbocycles. The summed E-state index contributed by atoms with van der Waals surface area (Å²) in [5, 5.41) is 0.575. The molecule has 0 saturated carbocycles. The Hall–Kier alpha value is -0.260. The Morgan fingerprint density at radius 1 is 1.56 bits per heavy atom. The summed E-state index contributed by atoms with van der Waals surface area (Å²) in [5.74, 6) is 0.740. The van der Waals surface area contributed by atoms with Gasteiger partial charge in [-0.1, -0.05) is 27.5 Å². The van der Waals surface area contributed by atoms with Crippen LogP contribution in [0.25, 0.3) is 0 Å². The number of anilines is 1. The number of carbonyl (C=O) groups is 1. The summed E-state index contributed by atoms with van der Waals surface area (Å²) in [7, 11) is 0. The van der Waals surface area contributed by atoms with E-state index in [1.54, 1.807) is 17.0 Å². The standard InChI is InChI=1S/C12H12Br2ClNO2/c1-2-18-12-9(14)4-8(15)5-10(12)16-6-7(13)3-11(16)17/h4-5,7H,2-3,6H2,1H3. The van der Waals surface area contributed by atoms with E-state index in [-0.39, 0.29) is 10.7 Å². The molecule has 1 aliphatic rings. The van der Waals surface area contributed by atoms with Crippen molar-refractivity contribution in [1.29, 1.82) is 0 Å². The second-order valence-electron chi connectivity index (χ2n) is 3.97. The van der Waals surface area contributed by atoms with Crippen LogP contribution < -0.4 is 9.64 Å². The van der Waals surface area contributed by atoms with E-state index < -0.39 is 0 Å². The highest BCUT2D eigenvalue weighted by molar-refractivity contribution is 9.10. The molecule has 1 fully saturated rings. The first-order chi connectivity index (χ1) is 8.52. The fourth-order valence-electron chi connectivity index (χ4n) is 1.93. The maximum absolute atomic E-state index is 11.9. The van der Waals surface area contributed by atoms with E-state index >= 15 is 0 Å². The molecule has 1 saturated heterocycles. The molecule has 1 aliphatic heterocycles. The van der Waals surface area contributed by atoms with E-state index in [0.717, 1.165) is 10.2 Å². The van der Waals surface area contributed by atoms with Gasteiger partial charge in [0.05, 0.1) is 16.8 Å². The zero-order valence-electron chi connectivity index (χ0n) is 9.75. The zero-order chi connectivity index (χ0) is 13.3. The SMILES string of the molecule is CCOc1c(Br)cc(Cl)cc1N1CC(Br)CC1=O. The molecule has 0 aliphatic carbocycles. The van der Waals surface area contributed by atoms with Gasteiger partial charge in [-0.15, -0.1) is 0 Å². The highest BCUT2D eigenvalue weighted by Gasteiger charge is 2.31. The van der Waals surface area contributed by atoms with Crippen LogP contribution in [0.1, 0.15) is 13.3 Å². The highest BCUT2D eigenvalue weighted by Crippen LogP contribution is 2.40. The average Bonchev–Trinajstić information content (AvgIpc) is 2.61. The first kappa shape index (κ1) is 14.2. The van der Waals surface area contributed by atoms with Crippen molar-refractivity contribution in [3.8, 4) is 5.75 Å². The van der Waals surface area contributed by atoms with Crippen molar-refractivity contribution < 1.29 is 9.53 Å². The van der Waals surface area contributed by atoms with Gasteiger partial charge in [-0.25, -0.2) is 0 Å². The molecule has 3 nitrogen and oxygen atoms in total. The summed E-state index contributed by atoms with van der Waals surface area (Å²) in [6.45, 7) is 3.07. The van der Waals surface area contributed by atoms with Gasteiger partial charge in [0.1, 0.15) is 0 Å². The number of carbonyl (C=O) groups excluding carboxylic acids is 1. The topological polar surface area (TPSA) is 29.5 Å². The van der Waals surface area contributed by atoms with Crippen LogP contribution in [0.4, 0.5) is 5.69 Å². The summed E-state index contributed by atoms with van der Waals surface area (Å²) in [5.41, 5.74) is 0.725. The van der Waals surface area contributed by atoms with Gasteiger partial charge in [-0.2, -0.15) is 0 Å². The van der Waals surface area contributed by atoms with E-state index in [0.29, 0.717) is 30.3 Å². The minimum atomic E-state index is 0.0759. The van der Waals surface area contributed by atoms with E-state index in [2.05, 4.69) is 31.9 Å². The normalized spacial score (nSPS) is 19.4. The van der Waals surface area contributed by atoms with Crippen molar-refractivity contribution in [1.82, 2.24) is 0 Å². The highest BCUT2D eigenvalue weighted by atomic mass is 79.9. The molecule has 1 heterocycles. The van der Waals surface area contributed by atoms with Gasteiger partial charge in [-0.05, 0) is 35.0 Å². The minimum Gasteiger partial charge on any atom is -0.490 e. The van der Waals surface area contributed by atoms with E-state index in [1.807, 2.05) is 6.92 Å². The summed E-state index contributed by atoms with van der Waals surface area (Å²) in [4.78, 5) is 13.8. The summed E-state index contributed by atoms with van der Waals surface area (Å²) < 4.78 is 6.37. The van der Waals surface area contributed by atoms with Gasteiger partial charge < -0.3 is 9.64 Å². The van der Waals surface area contributed by atoms with Gasteiger partial charge in [0.15, 0.2) is 5.75 Å². The predicted octanol–water partition coefficient (Wildman–Crippen LogP) is 4.00. The molecule has 1 aromatic rings. The first-order valence-electron chi connectivity index (χ1n) is 5.59. The summed E-state index contributed by atoms with van der Waals surface area (Å²) in [6, 6.07) is 3.53. The second kappa shape index (κ2) is 5.80. The quantitative estimate of drug-likeness (QED) is 0.722. The third kappa shape index (κ3) is 2.83. The number of ether oxygens (including phenoxy) is 1. The molecule has 0 bridgehead atoms. The Morgan fingerprint density at radius 3 is 2.83 bits per heavy atom. The number of alkyl halides is 1. The average molecular weight is 397 g/mol. The third-order valence-electron chi connectivity index (χ3n) is 2.65. The van der Waals surface area contributed by atoms with Crippen LogP contribution in [-0.2, 0) is 4.79 Å². The molecular weight excluding hydrogens is 385 g/mol. The van der Waals surface area contributed by atoms with Crippen LogP contribution in [0.15, 0.2) is 16.6 Å². The Balaban J connectivity index is 2.45. The predicted molar refractivity (Wildman–Crippen MR) is 80.0 cm³/mol. The smallest absolute Gasteiger partial charge is 0.228 e. The molecule has 6 heteroatoms. The largest absolute Gasteiger partial charge is 0.490 e. The first-order valence-corrected chi connectivity index (χ1v) is 7.68. The van der Waals surface area contributed by atoms with Crippen molar-refractivity contribution in [2.75, 3.05) is 18.1 Å². The Labute approximate surface area is 128 Å². The van der Waals surface area contributed by atoms with Crippen molar-refractivity contribution >= 4 is 55.1 Å². The number of rotatable bonds is 3. The maximum atomic E-state index is 11.9. The Bertz CT molecular complexity index is 481. The van der Waals surface area contributed by atoms with Crippen molar-refractivity contribution in [3.63, 3.8) is 0 Å². The Kier molecular flexibility index (Phi) is 4.56. The number of benzene rings is 1. The fraction of sp³-hybridized carbons (Fsp3) is 0.417. The van der Waals surface area contributed by atoms with Gasteiger partial charge in [-0.3, -0.25) is 4.79 Å². The van der Waals surface area contributed by atoms with Crippen LogP contribution >= 0.6 is 43.5 Å². The van der Waals surface area contributed by atoms with Crippen molar-refractivity contribution in [2.24, 2.45) is 0 Å². The monoisotopic (exact) mass is 395 g/mol. The molecule has 1 amide bonds. The fourth-order valence-corrected chi connectivity index (χ4v) is 3.41. The molecule has 0 radical (unpaired) electrons. The minimum absolute atomic E-state index is 0.0759.